The molecule has 0 saturated heterocycles. The van der Waals surface area contributed by atoms with E-state index in [0.717, 1.165) is 33.7 Å². The van der Waals surface area contributed by atoms with E-state index in [9.17, 15) is 14.7 Å². The Labute approximate surface area is 201 Å². The number of hydrogen-bond acceptors (Lipinski definition) is 4. The summed E-state index contributed by atoms with van der Waals surface area (Å²) in [7, 11) is 0. The molecule has 0 aliphatic carbocycles. The standard InChI is InChI=1S/C24H24Cl2N2O3S/c1-14(2)9-20-23(17-7-8-18(25)19(26)11-17)27-24(32-20)28(21(29)12-22(30)31)13-16-6-4-5-15(3)10-16/h4-8,10-11,14H,9,12-13H2,1-3H3,(H,30,31). The molecule has 0 aliphatic rings. The molecule has 5 nitrogen and oxygen atoms in total. The first-order chi connectivity index (χ1) is 15.1. The number of rotatable bonds is 8. The topological polar surface area (TPSA) is 70.5 Å². The van der Waals surface area contributed by atoms with E-state index >= 15 is 0 Å². The maximum Gasteiger partial charge on any atom is 0.312 e. The largest absolute Gasteiger partial charge is 0.481 e. The number of benzene rings is 2. The quantitative estimate of drug-likeness (QED) is 0.359. The summed E-state index contributed by atoms with van der Waals surface area (Å²) in [5.74, 6) is -1.32. The number of amides is 1. The van der Waals surface area contributed by atoms with Gasteiger partial charge >= 0.3 is 5.97 Å². The Bertz CT molecular complexity index is 1140. The van der Waals surface area contributed by atoms with Crippen molar-refractivity contribution in [2.75, 3.05) is 4.90 Å². The van der Waals surface area contributed by atoms with Crippen LogP contribution in [0.25, 0.3) is 11.3 Å². The third kappa shape index (κ3) is 6.09. The number of aryl methyl sites for hydroxylation is 1. The van der Waals surface area contributed by atoms with Crippen LogP contribution in [0.5, 0.6) is 0 Å². The molecule has 0 bridgehead atoms. The van der Waals surface area contributed by atoms with Gasteiger partial charge in [0.1, 0.15) is 6.42 Å². The molecule has 3 rings (SSSR count). The summed E-state index contributed by atoms with van der Waals surface area (Å²) in [6.07, 6.45) is 0.158. The van der Waals surface area contributed by atoms with Crippen LogP contribution in [0.3, 0.4) is 0 Å². The van der Waals surface area contributed by atoms with Crippen LogP contribution in [-0.4, -0.2) is 22.0 Å². The average molecular weight is 491 g/mol. The lowest BCUT2D eigenvalue weighted by molar-refractivity contribution is -0.140. The minimum Gasteiger partial charge on any atom is -0.481 e. The van der Waals surface area contributed by atoms with Crippen molar-refractivity contribution < 1.29 is 14.7 Å². The van der Waals surface area contributed by atoms with Crippen LogP contribution in [0.1, 0.15) is 36.3 Å². The van der Waals surface area contributed by atoms with Crippen LogP contribution in [0.2, 0.25) is 10.0 Å². The third-order valence-electron chi connectivity index (χ3n) is 4.73. The molecular weight excluding hydrogens is 467 g/mol. The van der Waals surface area contributed by atoms with Crippen LogP contribution in [0.15, 0.2) is 42.5 Å². The number of hydrogen-bond donors (Lipinski definition) is 1. The number of carbonyl (C=O) groups is 2. The lowest BCUT2D eigenvalue weighted by Gasteiger charge is -2.19. The molecule has 1 heterocycles. The molecule has 1 amide bonds. The van der Waals surface area contributed by atoms with Crippen LogP contribution < -0.4 is 4.90 Å². The number of aliphatic carboxylic acids is 1. The SMILES string of the molecule is Cc1cccc(CN(C(=O)CC(=O)O)c2nc(-c3ccc(Cl)c(Cl)c3)c(CC(C)C)s2)c1. The van der Waals surface area contributed by atoms with Crippen LogP contribution in [-0.2, 0) is 22.6 Å². The smallest absolute Gasteiger partial charge is 0.312 e. The number of nitrogens with zero attached hydrogens (tertiary/aromatic N) is 2. The van der Waals surface area contributed by atoms with Gasteiger partial charge in [0.15, 0.2) is 5.13 Å². The lowest BCUT2D eigenvalue weighted by Crippen LogP contribution is -2.31. The van der Waals surface area contributed by atoms with E-state index in [0.29, 0.717) is 21.1 Å². The second-order valence-electron chi connectivity index (χ2n) is 8.03. The van der Waals surface area contributed by atoms with Crippen molar-refractivity contribution in [3.05, 3.63) is 68.5 Å². The van der Waals surface area contributed by atoms with Crippen molar-refractivity contribution >= 4 is 51.5 Å². The fraction of sp³-hybridized carbons (Fsp3) is 0.292. The van der Waals surface area contributed by atoms with Gasteiger partial charge < -0.3 is 5.11 Å². The van der Waals surface area contributed by atoms with E-state index in [1.165, 1.54) is 16.2 Å². The van der Waals surface area contributed by atoms with Gasteiger partial charge in [-0.15, -0.1) is 11.3 Å². The zero-order valence-electron chi connectivity index (χ0n) is 18.1. The van der Waals surface area contributed by atoms with E-state index in [1.807, 2.05) is 37.3 Å². The van der Waals surface area contributed by atoms with Gasteiger partial charge in [0.05, 0.1) is 22.3 Å². The number of carboxylic acid groups (broad SMARTS) is 1. The normalized spacial score (nSPS) is 11.1. The number of carbonyl (C=O) groups excluding carboxylic acids is 1. The molecule has 0 spiro atoms. The summed E-state index contributed by atoms with van der Waals surface area (Å²) in [6, 6.07) is 13.1. The summed E-state index contributed by atoms with van der Waals surface area (Å²) in [6.45, 7) is 6.43. The highest BCUT2D eigenvalue weighted by atomic mass is 35.5. The molecule has 8 heteroatoms. The van der Waals surface area contributed by atoms with E-state index < -0.39 is 18.3 Å². The van der Waals surface area contributed by atoms with Crippen molar-refractivity contribution in [1.29, 1.82) is 0 Å². The molecule has 0 aliphatic heterocycles. The molecule has 0 saturated carbocycles. The Kier molecular flexibility index (Phi) is 7.93. The predicted molar refractivity (Wildman–Crippen MR) is 131 cm³/mol. The third-order valence-corrected chi connectivity index (χ3v) is 6.57. The second kappa shape index (κ2) is 10.5. The molecule has 3 aromatic rings. The van der Waals surface area contributed by atoms with Crippen molar-refractivity contribution in [2.24, 2.45) is 5.92 Å². The fourth-order valence-corrected chi connectivity index (χ4v) is 4.92. The molecule has 0 radical (unpaired) electrons. The molecule has 2 aromatic carbocycles. The van der Waals surface area contributed by atoms with Gasteiger partial charge in [0.25, 0.3) is 0 Å². The lowest BCUT2D eigenvalue weighted by atomic mass is 10.0. The summed E-state index contributed by atoms with van der Waals surface area (Å²) < 4.78 is 0. The van der Waals surface area contributed by atoms with Gasteiger partial charge in [-0.25, -0.2) is 4.98 Å². The Hall–Kier alpha value is -2.41. The number of anilines is 1. The van der Waals surface area contributed by atoms with Crippen LogP contribution in [0.4, 0.5) is 5.13 Å². The molecular formula is C24H24Cl2N2O3S. The summed E-state index contributed by atoms with van der Waals surface area (Å²) >= 11 is 13.7. The fourth-order valence-electron chi connectivity index (χ4n) is 3.31. The van der Waals surface area contributed by atoms with Gasteiger partial charge in [-0.3, -0.25) is 14.5 Å². The minimum absolute atomic E-state index is 0.239. The molecule has 32 heavy (non-hydrogen) atoms. The van der Waals surface area contributed by atoms with Crippen molar-refractivity contribution in [3.8, 4) is 11.3 Å². The first-order valence-electron chi connectivity index (χ1n) is 10.2. The van der Waals surface area contributed by atoms with Crippen molar-refractivity contribution in [2.45, 2.75) is 40.2 Å². The maximum absolute atomic E-state index is 12.9. The highest BCUT2D eigenvalue weighted by Crippen LogP contribution is 2.37. The van der Waals surface area contributed by atoms with E-state index in [2.05, 4.69) is 13.8 Å². The zero-order valence-corrected chi connectivity index (χ0v) is 20.4. The van der Waals surface area contributed by atoms with E-state index in [4.69, 9.17) is 28.2 Å². The zero-order chi connectivity index (χ0) is 23.4. The molecule has 168 valence electrons. The Morgan fingerprint density at radius 3 is 2.50 bits per heavy atom. The maximum atomic E-state index is 12.9. The number of aromatic nitrogens is 1. The summed E-state index contributed by atoms with van der Waals surface area (Å²) in [5, 5.41) is 10.6. The van der Waals surface area contributed by atoms with E-state index in [-0.39, 0.29) is 6.54 Å². The van der Waals surface area contributed by atoms with Crippen molar-refractivity contribution in [3.63, 3.8) is 0 Å². The Morgan fingerprint density at radius 1 is 1.12 bits per heavy atom. The molecule has 0 fully saturated rings. The monoisotopic (exact) mass is 490 g/mol. The Balaban J connectivity index is 2.08. The average Bonchev–Trinajstić information content (AvgIpc) is 3.10. The first kappa shape index (κ1) is 24.2. The minimum atomic E-state index is -1.17. The van der Waals surface area contributed by atoms with Crippen LogP contribution >= 0.6 is 34.5 Å². The van der Waals surface area contributed by atoms with E-state index in [1.54, 1.807) is 12.1 Å². The second-order valence-corrected chi connectivity index (χ2v) is 9.91. The number of thiazole rings is 1. The molecule has 0 atom stereocenters. The molecule has 1 N–H and O–H groups in total. The Morgan fingerprint density at radius 2 is 1.88 bits per heavy atom. The van der Waals surface area contributed by atoms with Gasteiger partial charge in [-0.05, 0) is 37.0 Å². The predicted octanol–water partition coefficient (Wildman–Crippen LogP) is 6.63. The highest BCUT2D eigenvalue weighted by molar-refractivity contribution is 7.16. The summed E-state index contributed by atoms with van der Waals surface area (Å²) in [5.41, 5.74) is 3.50. The molecule has 1 aromatic heterocycles. The van der Waals surface area contributed by atoms with Crippen molar-refractivity contribution in [1.82, 2.24) is 4.98 Å². The van der Waals surface area contributed by atoms with Gasteiger partial charge in [0.2, 0.25) is 5.91 Å². The summed E-state index contributed by atoms with van der Waals surface area (Å²) in [4.78, 5) is 31.4. The van der Waals surface area contributed by atoms with Gasteiger partial charge in [0, 0.05) is 10.4 Å². The number of halogens is 2. The number of carboxylic acids is 1. The van der Waals surface area contributed by atoms with Gasteiger partial charge in [-0.2, -0.15) is 0 Å². The first-order valence-corrected chi connectivity index (χ1v) is 11.7. The van der Waals surface area contributed by atoms with Crippen LogP contribution in [0, 0.1) is 12.8 Å². The highest BCUT2D eigenvalue weighted by Gasteiger charge is 2.25. The van der Waals surface area contributed by atoms with Gasteiger partial charge in [-0.1, -0.05) is 72.9 Å². The molecule has 0 unspecified atom stereocenters.